The van der Waals surface area contributed by atoms with Crippen molar-refractivity contribution in [1.82, 2.24) is 9.62 Å². The molecule has 2 rings (SSSR count). The third kappa shape index (κ3) is 7.10. The van der Waals surface area contributed by atoms with E-state index in [-0.39, 0.29) is 28.9 Å². The van der Waals surface area contributed by atoms with Gasteiger partial charge in [0.05, 0.1) is 11.7 Å². The van der Waals surface area contributed by atoms with Crippen LogP contribution in [0.25, 0.3) is 0 Å². The molecule has 0 saturated carbocycles. The highest BCUT2D eigenvalue weighted by Crippen LogP contribution is 2.29. The van der Waals surface area contributed by atoms with Crippen molar-refractivity contribution in [3.8, 4) is 0 Å². The molecule has 1 aromatic rings. The molecule has 158 valence electrons. The van der Waals surface area contributed by atoms with Crippen molar-refractivity contribution in [1.29, 1.82) is 0 Å². The lowest BCUT2D eigenvalue weighted by molar-refractivity contribution is -0.125. The second-order valence-electron chi connectivity index (χ2n) is 7.91. The molecule has 1 unspecified atom stereocenters. The van der Waals surface area contributed by atoms with Crippen molar-refractivity contribution in [3.63, 3.8) is 0 Å². The van der Waals surface area contributed by atoms with E-state index in [4.69, 9.17) is 23.2 Å². The Morgan fingerprint density at radius 2 is 1.93 bits per heavy atom. The van der Waals surface area contributed by atoms with Crippen LogP contribution in [0, 0.1) is 5.92 Å². The molecule has 0 bridgehead atoms. The number of carbonyl (C=O) groups is 1. The molecule has 0 spiro atoms. The predicted octanol–water partition coefficient (Wildman–Crippen LogP) is 4.18. The van der Waals surface area contributed by atoms with E-state index in [0.717, 1.165) is 5.75 Å². The van der Waals surface area contributed by atoms with Crippen LogP contribution < -0.4 is 5.32 Å². The molecule has 1 atom stereocenters. The van der Waals surface area contributed by atoms with E-state index in [2.05, 4.69) is 26.1 Å². The summed E-state index contributed by atoms with van der Waals surface area (Å²) in [4.78, 5) is 12.5. The molecule has 0 radical (unpaired) electrons. The van der Waals surface area contributed by atoms with Crippen LogP contribution in [0.1, 0.15) is 39.2 Å². The number of amides is 1. The number of hydrogen-bond donors (Lipinski definition) is 1. The smallest absolute Gasteiger partial charge is 0.224 e. The van der Waals surface area contributed by atoms with E-state index in [9.17, 15) is 13.2 Å². The highest BCUT2D eigenvalue weighted by Gasteiger charge is 2.33. The first kappa shape index (κ1) is 23.8. The number of nitrogens with one attached hydrogen (secondary N) is 1. The minimum absolute atomic E-state index is 0.0785. The van der Waals surface area contributed by atoms with Gasteiger partial charge in [0.25, 0.3) is 0 Å². The van der Waals surface area contributed by atoms with E-state index >= 15 is 0 Å². The van der Waals surface area contributed by atoms with E-state index in [1.54, 1.807) is 30.0 Å². The Bertz CT molecular complexity index is 775. The average molecular weight is 467 g/mol. The third-order valence-corrected chi connectivity index (χ3v) is 8.23. The van der Waals surface area contributed by atoms with Crippen molar-refractivity contribution in [2.75, 3.05) is 25.4 Å². The number of rotatable bonds is 7. The Hall–Kier alpha value is -0.470. The topological polar surface area (TPSA) is 66.5 Å². The fourth-order valence-corrected chi connectivity index (χ4v) is 6.21. The second-order valence-corrected chi connectivity index (χ2v) is 12.6. The van der Waals surface area contributed by atoms with Crippen molar-refractivity contribution < 1.29 is 13.2 Å². The Morgan fingerprint density at radius 3 is 2.54 bits per heavy atom. The molecular formula is C19H28Cl2N2O3S2. The third-order valence-electron chi connectivity index (χ3n) is 4.47. The van der Waals surface area contributed by atoms with Gasteiger partial charge in [-0.2, -0.15) is 11.8 Å². The molecule has 1 saturated heterocycles. The number of piperidine rings is 1. The Balaban J connectivity index is 1.95. The summed E-state index contributed by atoms with van der Waals surface area (Å²) in [5.41, 5.74) is 0.400. The number of hydrogen-bond acceptors (Lipinski definition) is 4. The van der Waals surface area contributed by atoms with E-state index in [1.807, 2.05) is 0 Å². The second kappa shape index (κ2) is 10.0. The number of halogens is 2. The molecule has 5 nitrogen and oxygen atoms in total. The molecule has 0 aliphatic carbocycles. The highest BCUT2D eigenvalue weighted by atomic mass is 35.5. The lowest BCUT2D eigenvalue weighted by atomic mass is 9.99. The fraction of sp³-hybridized carbons (Fsp3) is 0.632. The van der Waals surface area contributed by atoms with Gasteiger partial charge in [0.2, 0.25) is 15.9 Å². The average Bonchev–Trinajstić information content (AvgIpc) is 2.61. The van der Waals surface area contributed by atoms with Gasteiger partial charge >= 0.3 is 0 Å². The summed E-state index contributed by atoms with van der Waals surface area (Å²) in [5.74, 6) is 0.159. The summed E-state index contributed by atoms with van der Waals surface area (Å²) in [6.07, 6.45) is 1.35. The number of thioether (sulfide) groups is 1. The minimum atomic E-state index is -3.61. The van der Waals surface area contributed by atoms with Crippen LogP contribution in [-0.4, -0.2) is 48.8 Å². The molecule has 1 N–H and O–H groups in total. The zero-order valence-electron chi connectivity index (χ0n) is 16.5. The Labute approximate surface area is 182 Å². The number of sulfonamides is 1. The van der Waals surface area contributed by atoms with Crippen molar-refractivity contribution in [2.45, 2.75) is 44.1 Å². The van der Waals surface area contributed by atoms with Crippen LogP contribution in [-0.2, 0) is 20.6 Å². The van der Waals surface area contributed by atoms with Gasteiger partial charge in [-0.25, -0.2) is 12.7 Å². The lowest BCUT2D eigenvalue weighted by Crippen LogP contribution is -2.46. The zero-order valence-corrected chi connectivity index (χ0v) is 19.6. The number of carbonyl (C=O) groups excluding carboxylic acids is 1. The molecule has 1 fully saturated rings. The van der Waals surface area contributed by atoms with Crippen LogP contribution >= 0.6 is 35.0 Å². The first-order valence-corrected chi connectivity index (χ1v) is 12.7. The van der Waals surface area contributed by atoms with Crippen molar-refractivity contribution in [2.24, 2.45) is 5.92 Å². The normalized spacial score (nSPS) is 18.8. The molecule has 1 amide bonds. The lowest BCUT2D eigenvalue weighted by Gasteiger charge is -2.31. The maximum atomic E-state index is 12.9. The van der Waals surface area contributed by atoms with Gasteiger partial charge in [-0.15, -0.1) is 0 Å². The van der Waals surface area contributed by atoms with Gasteiger partial charge < -0.3 is 5.32 Å². The summed E-state index contributed by atoms with van der Waals surface area (Å²) in [5, 5.41) is 3.61. The van der Waals surface area contributed by atoms with Crippen LogP contribution in [0.4, 0.5) is 0 Å². The molecule has 1 aliphatic rings. The van der Waals surface area contributed by atoms with Gasteiger partial charge in [-0.1, -0.05) is 50.0 Å². The molecular weight excluding hydrogens is 439 g/mol. The van der Waals surface area contributed by atoms with E-state index in [0.29, 0.717) is 41.5 Å². The monoisotopic (exact) mass is 466 g/mol. The zero-order chi connectivity index (χ0) is 20.9. The summed E-state index contributed by atoms with van der Waals surface area (Å²) in [6, 6.07) is 4.93. The minimum Gasteiger partial charge on any atom is -0.355 e. The Morgan fingerprint density at radius 1 is 1.29 bits per heavy atom. The standard InChI is InChI=1S/C19H28Cl2N2O3S2/c1-19(2,3)27-11-9-22-18(24)14-6-5-10-23(12-14)28(25,26)13-15-16(20)7-4-8-17(15)21/h4,7-8,14H,5-6,9-13H2,1-3H3,(H,22,24). The van der Waals surface area contributed by atoms with Crippen LogP contribution in [0.5, 0.6) is 0 Å². The van der Waals surface area contributed by atoms with Crippen molar-refractivity contribution in [3.05, 3.63) is 33.8 Å². The highest BCUT2D eigenvalue weighted by molar-refractivity contribution is 8.00. The van der Waals surface area contributed by atoms with Crippen molar-refractivity contribution >= 4 is 50.9 Å². The molecule has 9 heteroatoms. The summed E-state index contributed by atoms with van der Waals surface area (Å²) in [6.45, 7) is 7.59. The summed E-state index contributed by atoms with van der Waals surface area (Å²) < 4.78 is 27.3. The van der Waals surface area contributed by atoms with E-state index < -0.39 is 10.0 Å². The summed E-state index contributed by atoms with van der Waals surface area (Å²) in [7, 11) is -3.61. The SMILES string of the molecule is CC(C)(C)SCCNC(=O)C1CCCN(S(=O)(=O)Cc2c(Cl)cccc2Cl)C1. The number of benzene rings is 1. The van der Waals surface area contributed by atoms with Gasteiger partial charge in [0, 0.05) is 45.7 Å². The van der Waals surface area contributed by atoms with Gasteiger partial charge in [-0.05, 0) is 25.0 Å². The van der Waals surface area contributed by atoms with Gasteiger partial charge in [-0.3, -0.25) is 4.79 Å². The van der Waals surface area contributed by atoms with E-state index in [1.165, 1.54) is 4.31 Å². The van der Waals surface area contributed by atoms with Crippen LogP contribution in [0.2, 0.25) is 10.0 Å². The molecule has 1 aromatic carbocycles. The molecule has 1 aliphatic heterocycles. The molecule has 0 aromatic heterocycles. The predicted molar refractivity (Wildman–Crippen MR) is 119 cm³/mol. The van der Waals surface area contributed by atoms with Gasteiger partial charge in [0.15, 0.2) is 0 Å². The maximum absolute atomic E-state index is 12.9. The first-order chi connectivity index (χ1) is 13.0. The molecule has 1 heterocycles. The number of nitrogens with zero attached hydrogens (tertiary/aromatic N) is 1. The maximum Gasteiger partial charge on any atom is 0.224 e. The van der Waals surface area contributed by atoms with Gasteiger partial charge in [0.1, 0.15) is 0 Å². The fourth-order valence-electron chi connectivity index (χ4n) is 3.03. The quantitative estimate of drug-likeness (QED) is 0.611. The van der Waals surface area contributed by atoms with Crippen LogP contribution in [0.15, 0.2) is 18.2 Å². The first-order valence-electron chi connectivity index (χ1n) is 9.32. The van der Waals surface area contributed by atoms with Crippen LogP contribution in [0.3, 0.4) is 0 Å². The Kier molecular flexibility index (Phi) is 8.52. The summed E-state index contributed by atoms with van der Waals surface area (Å²) >= 11 is 14.0. The largest absolute Gasteiger partial charge is 0.355 e. The molecule has 28 heavy (non-hydrogen) atoms.